The van der Waals surface area contributed by atoms with Crippen molar-refractivity contribution in [3.05, 3.63) is 54.5 Å². The highest BCUT2D eigenvalue weighted by molar-refractivity contribution is 14.0. The number of para-hydroxylation sites is 1. The molecule has 24 heavy (non-hydrogen) atoms. The first-order chi connectivity index (χ1) is 11.3. The van der Waals surface area contributed by atoms with Gasteiger partial charge in [0.2, 0.25) is 5.91 Å². The van der Waals surface area contributed by atoms with Gasteiger partial charge in [0.25, 0.3) is 0 Å². The summed E-state index contributed by atoms with van der Waals surface area (Å²) in [5, 5.41) is 6.48. The summed E-state index contributed by atoms with van der Waals surface area (Å²) in [5.41, 5.74) is 0.931. The minimum atomic E-state index is 0. The molecular formula is C17H21IN4O2. The average Bonchev–Trinajstić information content (AvgIpc) is 3.22. The molecule has 0 bridgehead atoms. The van der Waals surface area contributed by atoms with E-state index in [0.717, 1.165) is 11.4 Å². The summed E-state index contributed by atoms with van der Waals surface area (Å²) in [6.45, 7) is 1.18. The second-order valence-electron chi connectivity index (χ2n) is 5.39. The Morgan fingerprint density at radius 2 is 2.08 bits per heavy atom. The predicted molar refractivity (Wildman–Crippen MR) is 105 cm³/mol. The number of benzene rings is 1. The number of rotatable bonds is 4. The fourth-order valence-electron chi connectivity index (χ4n) is 2.63. The van der Waals surface area contributed by atoms with Gasteiger partial charge in [0.05, 0.1) is 18.8 Å². The van der Waals surface area contributed by atoms with Crippen LogP contribution < -0.4 is 15.5 Å². The lowest BCUT2D eigenvalue weighted by atomic mass is 10.2. The third kappa shape index (κ3) is 4.50. The molecule has 128 valence electrons. The molecule has 1 aromatic carbocycles. The van der Waals surface area contributed by atoms with Gasteiger partial charge in [-0.05, 0) is 24.3 Å². The van der Waals surface area contributed by atoms with Crippen molar-refractivity contribution in [3.8, 4) is 0 Å². The topological polar surface area (TPSA) is 69.9 Å². The number of aliphatic imine (C=N–C) groups is 1. The zero-order valence-electron chi connectivity index (χ0n) is 13.4. The average molecular weight is 440 g/mol. The Bertz CT molecular complexity index is 673. The number of hydrogen-bond acceptors (Lipinski definition) is 3. The second-order valence-corrected chi connectivity index (χ2v) is 5.39. The standard InChI is InChI=1S/C17H20N4O2.HI/c1-18-17(19-11-15-8-5-9-23-15)20-13-10-16(22)21(12-13)14-6-3-2-4-7-14;/h2-9,13H,10-12H2,1H3,(H2,18,19,20);1H. The van der Waals surface area contributed by atoms with Gasteiger partial charge < -0.3 is 20.0 Å². The lowest BCUT2D eigenvalue weighted by molar-refractivity contribution is -0.117. The van der Waals surface area contributed by atoms with E-state index in [9.17, 15) is 4.79 Å². The number of halogens is 1. The second kappa shape index (κ2) is 8.72. The largest absolute Gasteiger partial charge is 0.467 e. The molecule has 1 aromatic heterocycles. The van der Waals surface area contributed by atoms with Crippen molar-refractivity contribution < 1.29 is 9.21 Å². The van der Waals surface area contributed by atoms with E-state index < -0.39 is 0 Å². The molecule has 1 atom stereocenters. The lowest BCUT2D eigenvalue weighted by Gasteiger charge is -2.18. The van der Waals surface area contributed by atoms with Crippen molar-refractivity contribution in [2.75, 3.05) is 18.5 Å². The zero-order valence-corrected chi connectivity index (χ0v) is 15.8. The van der Waals surface area contributed by atoms with Gasteiger partial charge in [-0.15, -0.1) is 24.0 Å². The lowest BCUT2D eigenvalue weighted by Crippen LogP contribution is -2.44. The smallest absolute Gasteiger partial charge is 0.229 e. The summed E-state index contributed by atoms with van der Waals surface area (Å²) < 4.78 is 5.28. The maximum Gasteiger partial charge on any atom is 0.229 e. The summed E-state index contributed by atoms with van der Waals surface area (Å²) >= 11 is 0. The van der Waals surface area contributed by atoms with Crippen LogP contribution in [0.25, 0.3) is 0 Å². The molecule has 3 rings (SSSR count). The van der Waals surface area contributed by atoms with Crippen LogP contribution in [0.5, 0.6) is 0 Å². The first-order valence-corrected chi connectivity index (χ1v) is 7.61. The van der Waals surface area contributed by atoms with Crippen LogP contribution in [-0.4, -0.2) is 31.5 Å². The number of carbonyl (C=O) groups excluding carboxylic acids is 1. The molecular weight excluding hydrogens is 419 g/mol. The van der Waals surface area contributed by atoms with Crippen LogP contribution in [0.2, 0.25) is 0 Å². The van der Waals surface area contributed by atoms with Crippen molar-refractivity contribution >= 4 is 41.5 Å². The first kappa shape index (κ1) is 18.3. The van der Waals surface area contributed by atoms with E-state index in [1.165, 1.54) is 0 Å². The summed E-state index contributed by atoms with van der Waals surface area (Å²) in [6, 6.07) is 13.5. The number of carbonyl (C=O) groups is 1. The van der Waals surface area contributed by atoms with E-state index in [1.54, 1.807) is 18.2 Å². The number of anilines is 1. The molecule has 1 aliphatic rings. The van der Waals surface area contributed by atoms with Gasteiger partial charge in [0, 0.05) is 25.7 Å². The summed E-state index contributed by atoms with van der Waals surface area (Å²) in [5.74, 6) is 1.62. The van der Waals surface area contributed by atoms with Crippen LogP contribution in [-0.2, 0) is 11.3 Å². The van der Waals surface area contributed by atoms with E-state index in [0.29, 0.717) is 25.5 Å². The van der Waals surface area contributed by atoms with Crippen molar-refractivity contribution in [2.24, 2.45) is 4.99 Å². The number of furan rings is 1. The number of amides is 1. The molecule has 1 fully saturated rings. The molecule has 0 spiro atoms. The van der Waals surface area contributed by atoms with Crippen LogP contribution in [0.3, 0.4) is 0 Å². The molecule has 2 heterocycles. The Labute approximate surface area is 158 Å². The van der Waals surface area contributed by atoms with Gasteiger partial charge in [-0.25, -0.2) is 0 Å². The van der Waals surface area contributed by atoms with Crippen LogP contribution in [0.15, 0.2) is 58.1 Å². The molecule has 1 saturated heterocycles. The highest BCUT2D eigenvalue weighted by Crippen LogP contribution is 2.20. The van der Waals surface area contributed by atoms with Crippen molar-refractivity contribution in [2.45, 2.75) is 19.0 Å². The summed E-state index contributed by atoms with van der Waals surface area (Å²) in [7, 11) is 1.71. The van der Waals surface area contributed by atoms with E-state index in [4.69, 9.17) is 4.42 Å². The third-order valence-electron chi connectivity index (χ3n) is 3.77. The molecule has 2 N–H and O–H groups in total. The van der Waals surface area contributed by atoms with E-state index in [2.05, 4.69) is 15.6 Å². The highest BCUT2D eigenvalue weighted by Gasteiger charge is 2.30. The number of nitrogens with one attached hydrogen (secondary N) is 2. The molecule has 1 aliphatic heterocycles. The Balaban J connectivity index is 0.00000208. The van der Waals surface area contributed by atoms with Gasteiger partial charge >= 0.3 is 0 Å². The summed E-state index contributed by atoms with van der Waals surface area (Å²) in [4.78, 5) is 18.2. The normalized spacial score (nSPS) is 17.5. The molecule has 0 saturated carbocycles. The number of guanidine groups is 1. The predicted octanol–water partition coefficient (Wildman–Crippen LogP) is 2.37. The highest BCUT2D eigenvalue weighted by atomic mass is 127. The minimum Gasteiger partial charge on any atom is -0.467 e. The maximum atomic E-state index is 12.2. The van der Waals surface area contributed by atoms with E-state index >= 15 is 0 Å². The van der Waals surface area contributed by atoms with Gasteiger partial charge in [-0.1, -0.05) is 18.2 Å². The van der Waals surface area contributed by atoms with Crippen molar-refractivity contribution in [1.82, 2.24) is 10.6 Å². The quantitative estimate of drug-likeness (QED) is 0.435. The zero-order chi connectivity index (χ0) is 16.1. The molecule has 0 radical (unpaired) electrons. The Morgan fingerprint density at radius 3 is 2.75 bits per heavy atom. The van der Waals surface area contributed by atoms with Gasteiger partial charge in [0.15, 0.2) is 5.96 Å². The molecule has 2 aromatic rings. The van der Waals surface area contributed by atoms with Crippen molar-refractivity contribution in [1.29, 1.82) is 0 Å². The Kier molecular flexibility index (Phi) is 6.65. The van der Waals surface area contributed by atoms with Crippen LogP contribution in [0.1, 0.15) is 12.2 Å². The van der Waals surface area contributed by atoms with E-state index in [-0.39, 0.29) is 35.9 Å². The monoisotopic (exact) mass is 440 g/mol. The minimum absolute atomic E-state index is 0. The fraction of sp³-hybridized carbons (Fsp3) is 0.294. The summed E-state index contributed by atoms with van der Waals surface area (Å²) in [6.07, 6.45) is 2.09. The van der Waals surface area contributed by atoms with Gasteiger partial charge in [-0.2, -0.15) is 0 Å². The Morgan fingerprint density at radius 1 is 1.29 bits per heavy atom. The van der Waals surface area contributed by atoms with Crippen LogP contribution >= 0.6 is 24.0 Å². The third-order valence-corrected chi connectivity index (χ3v) is 3.77. The number of hydrogen-bond donors (Lipinski definition) is 2. The fourth-order valence-corrected chi connectivity index (χ4v) is 2.63. The first-order valence-electron chi connectivity index (χ1n) is 7.61. The van der Waals surface area contributed by atoms with Crippen LogP contribution in [0, 0.1) is 0 Å². The van der Waals surface area contributed by atoms with Gasteiger partial charge in [-0.3, -0.25) is 9.79 Å². The molecule has 6 nitrogen and oxygen atoms in total. The SMILES string of the molecule is CN=C(NCc1ccco1)NC1CC(=O)N(c2ccccc2)C1.I. The van der Waals surface area contributed by atoms with Gasteiger partial charge in [0.1, 0.15) is 5.76 Å². The van der Waals surface area contributed by atoms with Crippen molar-refractivity contribution in [3.63, 3.8) is 0 Å². The number of nitrogens with zero attached hydrogens (tertiary/aromatic N) is 2. The van der Waals surface area contributed by atoms with Crippen LogP contribution in [0.4, 0.5) is 5.69 Å². The molecule has 1 unspecified atom stereocenters. The maximum absolute atomic E-state index is 12.2. The molecule has 1 amide bonds. The molecule has 7 heteroatoms. The Hall–Kier alpha value is -2.03. The molecule has 0 aliphatic carbocycles. The van der Waals surface area contributed by atoms with E-state index in [1.807, 2.05) is 42.5 Å².